The molecule has 4 aromatic rings. The molecule has 0 fully saturated rings. The monoisotopic (exact) mass is 369 g/mol. The summed E-state index contributed by atoms with van der Waals surface area (Å²) in [6.07, 6.45) is 2.21. The van der Waals surface area contributed by atoms with Crippen LogP contribution >= 0.6 is 0 Å². The highest BCUT2D eigenvalue weighted by Gasteiger charge is 2.30. The molecule has 5 nitrogen and oxygen atoms in total. The van der Waals surface area contributed by atoms with Crippen molar-refractivity contribution in [3.63, 3.8) is 0 Å². The molecule has 0 unspecified atom stereocenters. The van der Waals surface area contributed by atoms with E-state index >= 15 is 0 Å². The van der Waals surface area contributed by atoms with E-state index in [-0.39, 0.29) is 0 Å². The summed E-state index contributed by atoms with van der Waals surface area (Å²) >= 11 is 0. The van der Waals surface area contributed by atoms with Crippen molar-refractivity contribution < 1.29 is 13.2 Å². The topological polar surface area (TPSA) is 56.5 Å². The van der Waals surface area contributed by atoms with Gasteiger partial charge in [0.2, 0.25) is 0 Å². The molecule has 3 aromatic heterocycles. The Hall–Kier alpha value is -3.29. The predicted molar refractivity (Wildman–Crippen MR) is 93.8 cm³/mol. The van der Waals surface area contributed by atoms with Crippen LogP contribution in [0.4, 0.5) is 13.2 Å². The minimum absolute atomic E-state index is 0.345. The van der Waals surface area contributed by atoms with E-state index in [1.807, 2.05) is 6.92 Å². The van der Waals surface area contributed by atoms with Crippen molar-refractivity contribution in [3.05, 3.63) is 72.1 Å². The van der Waals surface area contributed by atoms with E-state index in [1.165, 1.54) is 6.07 Å². The van der Waals surface area contributed by atoms with Gasteiger partial charge in [-0.25, -0.2) is 9.97 Å². The highest BCUT2D eigenvalue weighted by molar-refractivity contribution is 5.80. The molecule has 3 heterocycles. The zero-order valence-corrected chi connectivity index (χ0v) is 14.3. The Morgan fingerprint density at radius 2 is 1.70 bits per heavy atom. The fraction of sp³-hybridized carbons (Fsp3) is 0.158. The maximum atomic E-state index is 13.0. The van der Waals surface area contributed by atoms with Crippen LogP contribution in [0.3, 0.4) is 0 Å². The summed E-state index contributed by atoms with van der Waals surface area (Å²) in [4.78, 5) is 12.8. The Labute approximate surface area is 152 Å². The van der Waals surface area contributed by atoms with Crippen LogP contribution in [0.5, 0.6) is 0 Å². The fourth-order valence-corrected chi connectivity index (χ4v) is 2.75. The lowest BCUT2D eigenvalue weighted by molar-refractivity contribution is -0.137. The molecular weight excluding hydrogens is 355 g/mol. The van der Waals surface area contributed by atoms with E-state index in [2.05, 4.69) is 20.1 Å². The third-order valence-corrected chi connectivity index (χ3v) is 4.14. The molecule has 0 N–H and O–H groups in total. The Balaban J connectivity index is 1.73. The second-order valence-corrected chi connectivity index (χ2v) is 6.19. The molecule has 1 aromatic carbocycles. The number of hydrogen-bond acceptors (Lipinski definition) is 4. The van der Waals surface area contributed by atoms with E-state index in [0.717, 1.165) is 17.7 Å². The Morgan fingerprint density at radius 1 is 0.926 bits per heavy atom. The van der Waals surface area contributed by atoms with Gasteiger partial charge in [-0.2, -0.15) is 18.3 Å². The van der Waals surface area contributed by atoms with Crippen molar-refractivity contribution in [2.75, 3.05) is 0 Å². The van der Waals surface area contributed by atoms with Crippen molar-refractivity contribution in [2.45, 2.75) is 19.6 Å². The lowest BCUT2D eigenvalue weighted by Crippen LogP contribution is -2.06. The Bertz CT molecular complexity index is 1100. The number of pyridine rings is 1. The molecule has 0 saturated heterocycles. The minimum Gasteiger partial charge on any atom is -0.256 e. The number of benzene rings is 1. The standard InChI is InChI=1S/C19H14F3N5/c1-12-7-24-18(25-8-12)11-27-17-6-14(9-23-16(17)10-26-27)13-3-2-4-15(5-13)19(20,21)22/h2-10H,11H2,1H3. The number of halogens is 3. The molecule has 0 aliphatic carbocycles. The van der Waals surface area contributed by atoms with Crippen molar-refractivity contribution in [1.82, 2.24) is 24.7 Å². The summed E-state index contributed by atoms with van der Waals surface area (Å²) in [6.45, 7) is 2.25. The maximum absolute atomic E-state index is 13.0. The van der Waals surface area contributed by atoms with Crippen molar-refractivity contribution >= 4 is 11.0 Å². The van der Waals surface area contributed by atoms with Crippen LogP contribution in [-0.2, 0) is 12.7 Å². The summed E-state index contributed by atoms with van der Waals surface area (Å²) in [6, 6.07) is 6.96. The summed E-state index contributed by atoms with van der Waals surface area (Å²) in [5.41, 5.74) is 2.64. The molecule has 4 rings (SSSR count). The van der Waals surface area contributed by atoms with Gasteiger partial charge in [0, 0.05) is 24.2 Å². The van der Waals surface area contributed by atoms with Gasteiger partial charge in [0.15, 0.2) is 0 Å². The van der Waals surface area contributed by atoms with Gasteiger partial charge in [-0.1, -0.05) is 12.1 Å². The van der Waals surface area contributed by atoms with Crippen LogP contribution < -0.4 is 0 Å². The molecule has 0 bridgehead atoms. The third kappa shape index (κ3) is 3.51. The van der Waals surface area contributed by atoms with Gasteiger partial charge in [0.1, 0.15) is 17.9 Å². The SMILES string of the molecule is Cc1cnc(Cn2ncc3ncc(-c4cccc(C(F)(F)F)c4)cc32)nc1. The molecule has 27 heavy (non-hydrogen) atoms. The van der Waals surface area contributed by atoms with Crippen LogP contribution in [-0.4, -0.2) is 24.7 Å². The predicted octanol–water partition coefficient (Wildman–Crippen LogP) is 4.26. The van der Waals surface area contributed by atoms with E-state index in [4.69, 9.17) is 0 Å². The first-order chi connectivity index (χ1) is 12.9. The van der Waals surface area contributed by atoms with Gasteiger partial charge in [0.25, 0.3) is 0 Å². The van der Waals surface area contributed by atoms with Gasteiger partial charge in [-0.15, -0.1) is 0 Å². The molecule has 0 spiro atoms. The van der Waals surface area contributed by atoms with Crippen LogP contribution in [0, 0.1) is 6.92 Å². The van der Waals surface area contributed by atoms with Gasteiger partial charge in [-0.3, -0.25) is 9.67 Å². The highest BCUT2D eigenvalue weighted by Crippen LogP contribution is 2.32. The number of alkyl halides is 3. The fourth-order valence-electron chi connectivity index (χ4n) is 2.75. The molecule has 8 heteroatoms. The maximum Gasteiger partial charge on any atom is 0.416 e. The van der Waals surface area contributed by atoms with Crippen molar-refractivity contribution in [1.29, 1.82) is 0 Å². The third-order valence-electron chi connectivity index (χ3n) is 4.14. The van der Waals surface area contributed by atoms with Crippen LogP contribution in [0.25, 0.3) is 22.2 Å². The second-order valence-electron chi connectivity index (χ2n) is 6.19. The van der Waals surface area contributed by atoms with Gasteiger partial charge in [-0.05, 0) is 36.2 Å². The smallest absolute Gasteiger partial charge is 0.256 e. The first-order valence-electron chi connectivity index (χ1n) is 8.17. The number of aryl methyl sites for hydroxylation is 1. The first kappa shape index (κ1) is 17.1. The average Bonchev–Trinajstić information content (AvgIpc) is 3.05. The van der Waals surface area contributed by atoms with E-state index in [0.29, 0.717) is 34.5 Å². The number of rotatable bonds is 3. The lowest BCUT2D eigenvalue weighted by atomic mass is 10.0. The summed E-state index contributed by atoms with van der Waals surface area (Å²) < 4.78 is 40.6. The second kappa shape index (κ2) is 6.46. The molecule has 136 valence electrons. The van der Waals surface area contributed by atoms with Gasteiger partial charge < -0.3 is 0 Å². The number of hydrogen-bond donors (Lipinski definition) is 0. The largest absolute Gasteiger partial charge is 0.416 e. The van der Waals surface area contributed by atoms with Crippen LogP contribution in [0.15, 0.2) is 55.1 Å². The van der Waals surface area contributed by atoms with Crippen LogP contribution in [0.2, 0.25) is 0 Å². The minimum atomic E-state index is -4.39. The zero-order chi connectivity index (χ0) is 19.0. The number of aromatic nitrogens is 5. The molecule has 0 atom stereocenters. The molecule has 0 aliphatic rings. The normalized spacial score (nSPS) is 11.9. The Kier molecular flexibility index (Phi) is 4.10. The quantitative estimate of drug-likeness (QED) is 0.541. The molecule has 0 aliphatic heterocycles. The van der Waals surface area contributed by atoms with E-state index < -0.39 is 11.7 Å². The average molecular weight is 369 g/mol. The van der Waals surface area contributed by atoms with Crippen molar-refractivity contribution in [3.8, 4) is 11.1 Å². The van der Waals surface area contributed by atoms with E-state index in [9.17, 15) is 13.2 Å². The summed E-state index contributed by atoms with van der Waals surface area (Å²) in [5, 5.41) is 4.30. The molecular formula is C19H14F3N5. The molecule has 0 amide bonds. The van der Waals surface area contributed by atoms with E-state index in [1.54, 1.807) is 41.6 Å². The Morgan fingerprint density at radius 3 is 2.44 bits per heavy atom. The first-order valence-corrected chi connectivity index (χ1v) is 8.17. The van der Waals surface area contributed by atoms with Crippen molar-refractivity contribution in [2.24, 2.45) is 0 Å². The molecule has 0 saturated carbocycles. The lowest BCUT2D eigenvalue weighted by Gasteiger charge is -2.09. The number of nitrogens with zero attached hydrogens (tertiary/aromatic N) is 5. The van der Waals surface area contributed by atoms with Gasteiger partial charge >= 0.3 is 6.18 Å². The zero-order valence-electron chi connectivity index (χ0n) is 14.3. The summed E-state index contributed by atoms with van der Waals surface area (Å²) in [7, 11) is 0. The number of fused-ring (bicyclic) bond motifs is 1. The molecule has 0 radical (unpaired) electrons. The van der Waals surface area contributed by atoms with Crippen LogP contribution in [0.1, 0.15) is 17.0 Å². The van der Waals surface area contributed by atoms with Gasteiger partial charge in [0.05, 0.1) is 17.3 Å². The highest BCUT2D eigenvalue weighted by atomic mass is 19.4. The summed E-state index contributed by atoms with van der Waals surface area (Å²) in [5.74, 6) is 0.593.